The number of amides is 2. The summed E-state index contributed by atoms with van der Waals surface area (Å²) in [7, 11) is 3.71. The second kappa shape index (κ2) is 8.38. The number of hydrogen-bond donors (Lipinski definition) is 1. The number of thiophene rings is 1. The Morgan fingerprint density at radius 1 is 1.33 bits per heavy atom. The van der Waals surface area contributed by atoms with E-state index in [1.807, 2.05) is 37.2 Å². The van der Waals surface area contributed by atoms with E-state index >= 15 is 0 Å². The molecular weight excluding hydrogens is 396 g/mol. The van der Waals surface area contributed by atoms with Crippen LogP contribution in [0.15, 0.2) is 42.6 Å². The average molecular weight is 421 g/mol. The summed E-state index contributed by atoms with van der Waals surface area (Å²) < 4.78 is 1.24. The van der Waals surface area contributed by atoms with Crippen LogP contribution in [0.1, 0.15) is 21.6 Å². The van der Waals surface area contributed by atoms with Gasteiger partial charge in [-0.1, -0.05) is 18.2 Å². The lowest BCUT2D eigenvalue weighted by atomic mass is 10.1. The summed E-state index contributed by atoms with van der Waals surface area (Å²) >= 11 is 1.73. The molecule has 154 valence electrons. The molecule has 0 bridgehead atoms. The molecule has 1 aliphatic heterocycles. The van der Waals surface area contributed by atoms with E-state index in [0.29, 0.717) is 25.5 Å². The zero-order valence-electron chi connectivity index (χ0n) is 17.3. The normalized spacial score (nSPS) is 14.6. The zero-order chi connectivity index (χ0) is 21.3. The fourth-order valence-corrected chi connectivity index (χ4v) is 4.84. The molecular formula is C23H24N4O2S. The topological polar surface area (TPSA) is 65.5 Å². The third-order valence-electron chi connectivity index (χ3n) is 5.22. The number of rotatable bonds is 4. The van der Waals surface area contributed by atoms with Gasteiger partial charge in [0.15, 0.2) is 0 Å². The molecule has 4 rings (SSSR count). The van der Waals surface area contributed by atoms with Gasteiger partial charge in [0.25, 0.3) is 0 Å². The molecule has 0 unspecified atom stereocenters. The zero-order valence-corrected chi connectivity index (χ0v) is 18.1. The first-order valence-corrected chi connectivity index (χ1v) is 10.6. The summed E-state index contributed by atoms with van der Waals surface area (Å²) in [5, 5.41) is 4.07. The second-order valence-electron chi connectivity index (χ2n) is 7.67. The Kier molecular flexibility index (Phi) is 5.65. The number of anilines is 1. The van der Waals surface area contributed by atoms with Crippen LogP contribution in [0.2, 0.25) is 0 Å². The number of aromatic nitrogens is 1. The van der Waals surface area contributed by atoms with Crippen molar-refractivity contribution in [1.82, 2.24) is 14.8 Å². The van der Waals surface area contributed by atoms with Crippen LogP contribution in [0.3, 0.4) is 0 Å². The number of carbonyl (C=O) groups is 2. The van der Waals surface area contributed by atoms with Crippen LogP contribution in [0.4, 0.5) is 5.82 Å². The van der Waals surface area contributed by atoms with Crippen molar-refractivity contribution in [2.75, 3.05) is 26.0 Å². The van der Waals surface area contributed by atoms with Crippen LogP contribution in [0.25, 0.3) is 16.2 Å². The molecule has 2 aromatic heterocycles. The Labute approximate surface area is 179 Å². The van der Waals surface area contributed by atoms with Crippen LogP contribution < -0.4 is 5.32 Å². The van der Waals surface area contributed by atoms with Crippen molar-refractivity contribution >= 4 is 45.1 Å². The van der Waals surface area contributed by atoms with Gasteiger partial charge in [-0.25, -0.2) is 4.98 Å². The summed E-state index contributed by atoms with van der Waals surface area (Å²) in [5.74, 6) is 0.456. The summed E-state index contributed by atoms with van der Waals surface area (Å²) in [6.45, 7) is 3.65. The molecule has 30 heavy (non-hydrogen) atoms. The lowest BCUT2D eigenvalue weighted by Crippen LogP contribution is -2.26. The number of fused-ring (bicyclic) bond motifs is 2. The predicted molar refractivity (Wildman–Crippen MR) is 121 cm³/mol. The molecule has 0 saturated carbocycles. The number of likely N-dealkylation sites (N-methyl/N-ethyl adjacent to an activating group) is 2. The van der Waals surface area contributed by atoms with Crippen LogP contribution in [-0.4, -0.2) is 47.2 Å². The van der Waals surface area contributed by atoms with Crippen LogP contribution in [-0.2, 0) is 22.7 Å². The molecule has 0 fully saturated rings. The van der Waals surface area contributed by atoms with Gasteiger partial charge >= 0.3 is 0 Å². The van der Waals surface area contributed by atoms with Gasteiger partial charge in [-0.2, -0.15) is 0 Å². The van der Waals surface area contributed by atoms with Crippen molar-refractivity contribution in [3.63, 3.8) is 0 Å². The van der Waals surface area contributed by atoms with Crippen molar-refractivity contribution in [2.24, 2.45) is 0 Å². The molecule has 1 aromatic carbocycles. The Morgan fingerprint density at radius 3 is 2.93 bits per heavy atom. The van der Waals surface area contributed by atoms with E-state index in [4.69, 9.17) is 0 Å². The number of nitrogens with zero attached hydrogens (tertiary/aromatic N) is 3. The average Bonchev–Trinajstić information content (AvgIpc) is 2.94. The van der Waals surface area contributed by atoms with E-state index in [1.165, 1.54) is 20.5 Å². The number of nitrogens with one attached hydrogen (secondary N) is 1. The van der Waals surface area contributed by atoms with Crippen molar-refractivity contribution in [2.45, 2.75) is 20.0 Å². The lowest BCUT2D eigenvalue weighted by Gasteiger charge is -2.14. The Bertz CT molecular complexity index is 1150. The minimum Gasteiger partial charge on any atom is -0.337 e. The second-order valence-corrected chi connectivity index (χ2v) is 8.81. The Balaban J connectivity index is 1.46. The molecule has 0 saturated heterocycles. The fraction of sp³-hybridized carbons (Fsp3) is 0.261. The van der Waals surface area contributed by atoms with E-state index in [2.05, 4.69) is 29.4 Å². The Morgan fingerprint density at radius 2 is 2.13 bits per heavy atom. The molecule has 0 radical (unpaired) electrons. The molecule has 0 atom stereocenters. The first-order chi connectivity index (χ1) is 14.4. The first-order valence-electron chi connectivity index (χ1n) is 9.78. The standard InChI is InChI=1S/C23H24N4O2S/c1-15-18-6-4-5-7-19(18)30-20(15)13-27(3)22(29)9-8-16-10-17-12-26(2)14-21(28)25-23(17)24-11-16/h4-11H,12-14H2,1-3H3,(H,24,25,28). The molecule has 1 aliphatic rings. The van der Waals surface area contributed by atoms with E-state index in [0.717, 1.165) is 11.1 Å². The van der Waals surface area contributed by atoms with Crippen molar-refractivity contribution in [3.05, 3.63) is 64.2 Å². The highest BCUT2D eigenvalue weighted by atomic mass is 32.1. The third kappa shape index (κ3) is 4.27. The van der Waals surface area contributed by atoms with Crippen molar-refractivity contribution in [1.29, 1.82) is 0 Å². The highest BCUT2D eigenvalue weighted by Crippen LogP contribution is 2.31. The lowest BCUT2D eigenvalue weighted by molar-refractivity contribution is -0.125. The molecule has 3 heterocycles. The number of pyridine rings is 1. The number of aryl methyl sites for hydroxylation is 1. The van der Waals surface area contributed by atoms with Gasteiger partial charge in [0, 0.05) is 41.0 Å². The summed E-state index contributed by atoms with van der Waals surface area (Å²) in [4.78, 5) is 33.7. The van der Waals surface area contributed by atoms with Crippen LogP contribution in [0, 0.1) is 6.92 Å². The van der Waals surface area contributed by atoms with Crippen molar-refractivity contribution < 1.29 is 9.59 Å². The van der Waals surface area contributed by atoms with Gasteiger partial charge in [0.2, 0.25) is 11.8 Å². The fourth-order valence-electron chi connectivity index (χ4n) is 3.58. The monoisotopic (exact) mass is 420 g/mol. The minimum absolute atomic E-state index is 0.0628. The molecule has 0 spiro atoms. The third-order valence-corrected chi connectivity index (χ3v) is 6.47. The van der Waals surface area contributed by atoms with E-state index < -0.39 is 0 Å². The SMILES string of the molecule is Cc1c(CN(C)C(=O)C=Cc2cnc3c(c2)CN(C)CC(=O)N3)sc2ccccc12. The van der Waals surface area contributed by atoms with E-state index in [9.17, 15) is 9.59 Å². The molecule has 1 N–H and O–H groups in total. The Hall–Kier alpha value is -3.03. The molecule has 6 nitrogen and oxygen atoms in total. The maximum absolute atomic E-state index is 12.6. The van der Waals surface area contributed by atoms with Crippen molar-refractivity contribution in [3.8, 4) is 0 Å². The number of hydrogen-bond acceptors (Lipinski definition) is 5. The predicted octanol–water partition coefficient (Wildman–Crippen LogP) is 3.66. The molecule has 0 aliphatic carbocycles. The van der Waals surface area contributed by atoms with Gasteiger partial charge in [-0.15, -0.1) is 11.3 Å². The summed E-state index contributed by atoms with van der Waals surface area (Å²) in [6.07, 6.45) is 5.02. The maximum Gasteiger partial charge on any atom is 0.246 e. The minimum atomic E-state index is -0.0691. The largest absolute Gasteiger partial charge is 0.337 e. The highest BCUT2D eigenvalue weighted by Gasteiger charge is 2.17. The van der Waals surface area contributed by atoms with Gasteiger partial charge in [0.05, 0.1) is 13.1 Å². The summed E-state index contributed by atoms with van der Waals surface area (Å²) in [6, 6.07) is 10.3. The van der Waals surface area contributed by atoms with Crippen LogP contribution >= 0.6 is 11.3 Å². The van der Waals surface area contributed by atoms with E-state index in [1.54, 1.807) is 34.6 Å². The number of benzene rings is 1. The maximum atomic E-state index is 12.6. The quantitative estimate of drug-likeness (QED) is 0.654. The molecule has 2 amide bonds. The van der Waals surface area contributed by atoms with Gasteiger partial charge < -0.3 is 10.2 Å². The molecule has 7 heteroatoms. The smallest absolute Gasteiger partial charge is 0.246 e. The van der Waals surface area contributed by atoms with Gasteiger partial charge in [0.1, 0.15) is 5.82 Å². The molecule has 3 aromatic rings. The highest BCUT2D eigenvalue weighted by molar-refractivity contribution is 7.19. The first kappa shape index (κ1) is 20.3. The van der Waals surface area contributed by atoms with Gasteiger partial charge in [-0.3, -0.25) is 14.5 Å². The number of carbonyl (C=O) groups excluding carboxylic acids is 2. The van der Waals surface area contributed by atoms with Crippen LogP contribution in [0.5, 0.6) is 0 Å². The summed E-state index contributed by atoms with van der Waals surface area (Å²) in [5.41, 5.74) is 3.01. The van der Waals surface area contributed by atoms with Gasteiger partial charge in [-0.05, 0) is 48.7 Å². The van der Waals surface area contributed by atoms with E-state index in [-0.39, 0.29) is 11.8 Å².